The molecule has 0 radical (unpaired) electrons. The smallest absolute Gasteiger partial charge is 0.231 e. The lowest BCUT2D eigenvalue weighted by atomic mass is 10.1. The SMILES string of the molecule is CC[C@H](C)N(CCc1nc(-c2ccc3c(c2)OCO3)no1)C(=O)CC(C)C. The summed E-state index contributed by atoms with van der Waals surface area (Å²) in [7, 11) is 0. The van der Waals surface area contributed by atoms with E-state index in [0.717, 1.165) is 17.7 Å². The molecule has 1 aliphatic heterocycles. The molecule has 0 spiro atoms. The van der Waals surface area contributed by atoms with Crippen LogP contribution >= 0.6 is 0 Å². The molecule has 27 heavy (non-hydrogen) atoms. The fraction of sp³-hybridized carbons (Fsp3) is 0.550. The van der Waals surface area contributed by atoms with Crippen molar-refractivity contribution in [2.75, 3.05) is 13.3 Å². The lowest BCUT2D eigenvalue weighted by molar-refractivity contribution is -0.134. The fourth-order valence-corrected chi connectivity index (χ4v) is 3.00. The lowest BCUT2D eigenvalue weighted by Crippen LogP contribution is -2.40. The minimum Gasteiger partial charge on any atom is -0.454 e. The van der Waals surface area contributed by atoms with Gasteiger partial charge in [0.2, 0.25) is 24.4 Å². The molecule has 0 saturated carbocycles. The highest BCUT2D eigenvalue weighted by molar-refractivity contribution is 5.76. The molecule has 1 aromatic heterocycles. The average molecular weight is 373 g/mol. The first-order chi connectivity index (χ1) is 13.0. The number of benzene rings is 1. The summed E-state index contributed by atoms with van der Waals surface area (Å²) in [4.78, 5) is 18.9. The highest BCUT2D eigenvalue weighted by atomic mass is 16.7. The second-order valence-electron chi connectivity index (χ2n) is 7.27. The van der Waals surface area contributed by atoms with Gasteiger partial charge in [0.1, 0.15) is 0 Å². The summed E-state index contributed by atoms with van der Waals surface area (Å²) in [5.74, 6) is 2.94. The van der Waals surface area contributed by atoms with Gasteiger partial charge in [0.05, 0.1) is 0 Å². The molecule has 146 valence electrons. The van der Waals surface area contributed by atoms with Gasteiger partial charge in [0.25, 0.3) is 0 Å². The van der Waals surface area contributed by atoms with E-state index in [1.807, 2.05) is 23.1 Å². The van der Waals surface area contributed by atoms with Gasteiger partial charge in [-0.25, -0.2) is 0 Å². The molecule has 0 unspecified atom stereocenters. The molecule has 0 saturated heterocycles. The standard InChI is InChI=1S/C20H27N3O4/c1-5-14(4)23(19(24)10-13(2)3)9-8-18-21-20(22-27-18)15-6-7-16-17(11-15)26-12-25-16/h6-7,11,13-14H,5,8-10,12H2,1-4H3/t14-/m0/s1. The van der Waals surface area contributed by atoms with Crippen LogP contribution in [0.4, 0.5) is 0 Å². The van der Waals surface area contributed by atoms with Gasteiger partial charge >= 0.3 is 0 Å². The van der Waals surface area contributed by atoms with Crippen molar-refractivity contribution < 1.29 is 18.8 Å². The summed E-state index contributed by atoms with van der Waals surface area (Å²) in [5.41, 5.74) is 0.809. The summed E-state index contributed by atoms with van der Waals surface area (Å²) in [6.07, 6.45) is 2.00. The third kappa shape index (κ3) is 4.59. The molecule has 0 fully saturated rings. The molecule has 1 aromatic carbocycles. The second-order valence-corrected chi connectivity index (χ2v) is 7.27. The van der Waals surface area contributed by atoms with Crippen LogP contribution in [0, 0.1) is 5.92 Å². The monoisotopic (exact) mass is 373 g/mol. The Morgan fingerprint density at radius 1 is 1.22 bits per heavy atom. The van der Waals surface area contributed by atoms with Crippen LogP contribution in [0.2, 0.25) is 0 Å². The molecule has 1 atom stereocenters. The minimum atomic E-state index is 0.176. The van der Waals surface area contributed by atoms with E-state index in [4.69, 9.17) is 14.0 Å². The molecule has 0 bridgehead atoms. The van der Waals surface area contributed by atoms with Crippen molar-refractivity contribution in [2.45, 2.75) is 53.0 Å². The number of carbonyl (C=O) groups excluding carboxylic acids is 1. The normalized spacial score (nSPS) is 13.8. The van der Waals surface area contributed by atoms with Crippen molar-refractivity contribution in [1.29, 1.82) is 0 Å². The predicted octanol–water partition coefficient (Wildman–Crippen LogP) is 3.68. The quantitative estimate of drug-likeness (QED) is 0.702. The molecule has 7 nitrogen and oxygen atoms in total. The van der Waals surface area contributed by atoms with Gasteiger partial charge in [-0.15, -0.1) is 0 Å². The van der Waals surface area contributed by atoms with E-state index < -0.39 is 0 Å². The van der Waals surface area contributed by atoms with E-state index in [2.05, 4.69) is 37.8 Å². The third-order valence-corrected chi connectivity index (χ3v) is 4.69. The van der Waals surface area contributed by atoms with Crippen LogP contribution in [0.5, 0.6) is 11.5 Å². The van der Waals surface area contributed by atoms with Gasteiger partial charge in [-0.3, -0.25) is 4.79 Å². The van der Waals surface area contributed by atoms with Crippen molar-refractivity contribution >= 4 is 5.91 Å². The fourth-order valence-electron chi connectivity index (χ4n) is 3.00. The highest BCUT2D eigenvalue weighted by Gasteiger charge is 2.21. The van der Waals surface area contributed by atoms with E-state index in [9.17, 15) is 4.79 Å². The number of ether oxygens (including phenoxy) is 2. The van der Waals surface area contributed by atoms with Crippen molar-refractivity contribution in [2.24, 2.45) is 5.92 Å². The molecular formula is C20H27N3O4. The maximum absolute atomic E-state index is 12.5. The number of fused-ring (bicyclic) bond motifs is 1. The van der Waals surface area contributed by atoms with Crippen molar-refractivity contribution in [3.63, 3.8) is 0 Å². The number of aromatic nitrogens is 2. The zero-order chi connectivity index (χ0) is 19.4. The number of carbonyl (C=O) groups is 1. The van der Waals surface area contributed by atoms with Crippen LogP contribution in [0.25, 0.3) is 11.4 Å². The number of rotatable bonds is 8. The van der Waals surface area contributed by atoms with Crippen molar-refractivity contribution in [1.82, 2.24) is 15.0 Å². The predicted molar refractivity (Wildman–Crippen MR) is 100 cm³/mol. The molecule has 0 aliphatic carbocycles. The van der Waals surface area contributed by atoms with Gasteiger partial charge in [0.15, 0.2) is 11.5 Å². The largest absolute Gasteiger partial charge is 0.454 e. The Kier molecular flexibility index (Phi) is 5.98. The van der Waals surface area contributed by atoms with Crippen LogP contribution in [0.3, 0.4) is 0 Å². The maximum Gasteiger partial charge on any atom is 0.231 e. The average Bonchev–Trinajstić information content (AvgIpc) is 3.29. The van der Waals surface area contributed by atoms with E-state index in [-0.39, 0.29) is 18.7 Å². The zero-order valence-corrected chi connectivity index (χ0v) is 16.4. The molecule has 1 amide bonds. The molecular weight excluding hydrogens is 346 g/mol. The van der Waals surface area contributed by atoms with Gasteiger partial charge < -0.3 is 18.9 Å². The van der Waals surface area contributed by atoms with Crippen LogP contribution < -0.4 is 9.47 Å². The van der Waals surface area contributed by atoms with Crippen LogP contribution in [-0.4, -0.2) is 40.3 Å². The van der Waals surface area contributed by atoms with Gasteiger partial charge in [-0.2, -0.15) is 4.98 Å². The van der Waals surface area contributed by atoms with Crippen LogP contribution in [0.15, 0.2) is 22.7 Å². The first-order valence-electron chi connectivity index (χ1n) is 9.50. The molecule has 7 heteroatoms. The van der Waals surface area contributed by atoms with Crippen LogP contribution in [-0.2, 0) is 11.2 Å². The van der Waals surface area contributed by atoms with Gasteiger partial charge in [0, 0.05) is 31.0 Å². The Bertz CT molecular complexity index is 787. The summed E-state index contributed by atoms with van der Waals surface area (Å²) in [6, 6.07) is 5.74. The molecule has 1 aliphatic rings. The molecule has 2 heterocycles. The lowest BCUT2D eigenvalue weighted by Gasteiger charge is -2.29. The summed E-state index contributed by atoms with van der Waals surface area (Å²) < 4.78 is 16.1. The second kappa shape index (κ2) is 8.41. The maximum atomic E-state index is 12.5. The zero-order valence-electron chi connectivity index (χ0n) is 16.4. The molecule has 0 N–H and O–H groups in total. The minimum absolute atomic E-state index is 0.176. The van der Waals surface area contributed by atoms with E-state index in [1.165, 1.54) is 0 Å². The first-order valence-corrected chi connectivity index (χ1v) is 9.50. The Balaban J connectivity index is 1.66. The molecule has 2 aromatic rings. The van der Waals surface area contributed by atoms with E-state index >= 15 is 0 Å². The van der Waals surface area contributed by atoms with E-state index in [0.29, 0.717) is 42.8 Å². The van der Waals surface area contributed by atoms with Crippen molar-refractivity contribution in [3.05, 3.63) is 24.1 Å². The van der Waals surface area contributed by atoms with Gasteiger partial charge in [-0.05, 0) is 37.5 Å². The number of nitrogens with zero attached hydrogens (tertiary/aromatic N) is 3. The summed E-state index contributed by atoms with van der Waals surface area (Å²) in [6.45, 7) is 9.08. The Morgan fingerprint density at radius 3 is 2.74 bits per heavy atom. The Labute approximate surface area is 159 Å². The number of hydrogen-bond donors (Lipinski definition) is 0. The van der Waals surface area contributed by atoms with Gasteiger partial charge in [-0.1, -0.05) is 25.9 Å². The Hall–Kier alpha value is -2.57. The highest BCUT2D eigenvalue weighted by Crippen LogP contribution is 2.35. The third-order valence-electron chi connectivity index (χ3n) is 4.69. The number of amides is 1. The molecule has 3 rings (SSSR count). The summed E-state index contributed by atoms with van der Waals surface area (Å²) in [5, 5.41) is 4.06. The number of hydrogen-bond acceptors (Lipinski definition) is 6. The first kappa shape index (κ1) is 19.2. The summed E-state index contributed by atoms with van der Waals surface area (Å²) >= 11 is 0. The van der Waals surface area contributed by atoms with E-state index in [1.54, 1.807) is 0 Å². The topological polar surface area (TPSA) is 77.7 Å². The van der Waals surface area contributed by atoms with Crippen LogP contribution in [0.1, 0.15) is 46.4 Å². The van der Waals surface area contributed by atoms with Crippen molar-refractivity contribution in [3.8, 4) is 22.9 Å². The Morgan fingerprint density at radius 2 is 2.00 bits per heavy atom.